The van der Waals surface area contributed by atoms with Crippen molar-refractivity contribution >= 4 is 23.0 Å². The van der Waals surface area contributed by atoms with Gasteiger partial charge >= 0.3 is 0 Å². The van der Waals surface area contributed by atoms with Crippen LogP contribution in [0.15, 0.2) is 47.6 Å². The van der Waals surface area contributed by atoms with Gasteiger partial charge in [0, 0.05) is 6.54 Å². The molecule has 0 aliphatic carbocycles. The van der Waals surface area contributed by atoms with Crippen LogP contribution in [0.3, 0.4) is 0 Å². The largest absolute Gasteiger partial charge is 0.497 e. The van der Waals surface area contributed by atoms with Crippen LogP contribution in [0.4, 0.5) is 0 Å². The molecule has 2 N–H and O–H groups in total. The van der Waals surface area contributed by atoms with Crippen LogP contribution in [0.1, 0.15) is 18.1 Å². The van der Waals surface area contributed by atoms with Crippen molar-refractivity contribution in [3.63, 3.8) is 0 Å². The molecular weight excluding hydrogens is 338 g/mol. The molecule has 7 heteroatoms. The Morgan fingerprint density at radius 3 is 2.68 bits per heavy atom. The molecule has 1 heterocycles. The minimum atomic E-state index is 0.269. The molecule has 0 amide bonds. The maximum atomic E-state index is 5.36. The van der Waals surface area contributed by atoms with Gasteiger partial charge in [0.1, 0.15) is 5.75 Å². The molecule has 0 radical (unpaired) electrons. The Morgan fingerprint density at radius 2 is 1.92 bits per heavy atom. The van der Waals surface area contributed by atoms with Gasteiger partial charge in [-0.3, -0.25) is 5.43 Å². The van der Waals surface area contributed by atoms with E-state index in [2.05, 4.69) is 15.8 Å². The number of thiocarbonyl (C=S) groups is 1. The van der Waals surface area contributed by atoms with Crippen LogP contribution >= 0.6 is 12.2 Å². The van der Waals surface area contributed by atoms with Gasteiger partial charge in [-0.15, -0.1) is 0 Å². The van der Waals surface area contributed by atoms with Gasteiger partial charge < -0.3 is 19.5 Å². The lowest BCUT2D eigenvalue weighted by Crippen LogP contribution is -2.32. The fourth-order valence-corrected chi connectivity index (χ4v) is 2.42. The van der Waals surface area contributed by atoms with Crippen molar-refractivity contribution in [1.82, 2.24) is 10.7 Å². The van der Waals surface area contributed by atoms with E-state index in [1.165, 1.54) is 0 Å². The number of hydrogen-bond acceptors (Lipinski definition) is 5. The van der Waals surface area contributed by atoms with Crippen LogP contribution in [-0.4, -0.2) is 24.7 Å². The first-order chi connectivity index (χ1) is 12.2. The summed E-state index contributed by atoms with van der Waals surface area (Å²) < 4.78 is 15.8. The third kappa shape index (κ3) is 4.39. The molecule has 0 spiro atoms. The van der Waals surface area contributed by atoms with Gasteiger partial charge in [0.25, 0.3) is 0 Å². The van der Waals surface area contributed by atoms with Crippen LogP contribution in [-0.2, 0) is 6.54 Å². The normalized spacial score (nSPS) is 12.6. The summed E-state index contributed by atoms with van der Waals surface area (Å²) in [7, 11) is 1.64. The van der Waals surface area contributed by atoms with Crippen LogP contribution in [0.25, 0.3) is 0 Å². The Kier molecular flexibility index (Phi) is 5.35. The van der Waals surface area contributed by atoms with Crippen molar-refractivity contribution in [3.05, 3.63) is 53.6 Å². The predicted molar refractivity (Wildman–Crippen MR) is 100 cm³/mol. The summed E-state index contributed by atoms with van der Waals surface area (Å²) >= 11 is 5.26. The molecule has 2 aromatic carbocycles. The van der Waals surface area contributed by atoms with E-state index in [0.717, 1.165) is 34.1 Å². The Balaban J connectivity index is 1.51. The fraction of sp³-hybridized carbons (Fsp3) is 0.222. The third-order valence-electron chi connectivity index (χ3n) is 3.72. The predicted octanol–water partition coefficient (Wildman–Crippen LogP) is 2.81. The third-order valence-corrected chi connectivity index (χ3v) is 3.96. The number of nitrogens with one attached hydrogen (secondary N) is 2. The zero-order valence-corrected chi connectivity index (χ0v) is 14.9. The zero-order valence-electron chi connectivity index (χ0n) is 14.0. The number of ether oxygens (including phenoxy) is 3. The lowest BCUT2D eigenvalue weighted by Gasteiger charge is -2.09. The zero-order chi connectivity index (χ0) is 17.6. The summed E-state index contributed by atoms with van der Waals surface area (Å²) in [6.45, 7) is 2.75. The second-order valence-corrected chi connectivity index (χ2v) is 5.82. The summed E-state index contributed by atoms with van der Waals surface area (Å²) in [5.74, 6) is 2.33. The van der Waals surface area contributed by atoms with E-state index in [1.54, 1.807) is 7.11 Å². The first kappa shape index (κ1) is 17.0. The quantitative estimate of drug-likeness (QED) is 0.487. The average molecular weight is 357 g/mol. The Labute approximate surface area is 151 Å². The van der Waals surface area contributed by atoms with Gasteiger partial charge in [0.15, 0.2) is 16.6 Å². The first-order valence-corrected chi connectivity index (χ1v) is 8.17. The number of rotatable bonds is 5. The van der Waals surface area contributed by atoms with Gasteiger partial charge in [0.05, 0.1) is 12.8 Å². The molecule has 130 valence electrons. The van der Waals surface area contributed by atoms with Crippen LogP contribution < -0.4 is 25.0 Å². The van der Waals surface area contributed by atoms with E-state index in [4.69, 9.17) is 26.4 Å². The van der Waals surface area contributed by atoms with Crippen molar-refractivity contribution in [2.45, 2.75) is 13.5 Å². The molecule has 6 nitrogen and oxygen atoms in total. The van der Waals surface area contributed by atoms with Crippen molar-refractivity contribution in [3.8, 4) is 17.2 Å². The maximum absolute atomic E-state index is 5.36. The molecule has 1 aliphatic rings. The lowest BCUT2D eigenvalue weighted by molar-refractivity contribution is 0.174. The van der Waals surface area contributed by atoms with Gasteiger partial charge in [-0.25, -0.2) is 0 Å². The lowest BCUT2D eigenvalue weighted by atomic mass is 10.1. The Hall–Kier alpha value is -2.80. The molecule has 25 heavy (non-hydrogen) atoms. The summed E-state index contributed by atoms with van der Waals surface area (Å²) in [6.07, 6.45) is 0. The smallest absolute Gasteiger partial charge is 0.231 e. The van der Waals surface area contributed by atoms with Gasteiger partial charge in [-0.1, -0.05) is 6.07 Å². The highest BCUT2D eigenvalue weighted by Gasteiger charge is 2.13. The van der Waals surface area contributed by atoms with Crippen molar-refractivity contribution < 1.29 is 14.2 Å². The number of hydrazone groups is 1. The SMILES string of the molecule is COc1ccc(/C(C)=N\NC(=S)NCc2ccc3c(c2)OCO3)cc1. The highest BCUT2D eigenvalue weighted by molar-refractivity contribution is 7.80. The van der Waals surface area contributed by atoms with Crippen LogP contribution in [0.5, 0.6) is 17.2 Å². The molecule has 0 fully saturated rings. The number of benzene rings is 2. The monoisotopic (exact) mass is 357 g/mol. The van der Waals surface area contributed by atoms with E-state index in [-0.39, 0.29) is 6.79 Å². The van der Waals surface area contributed by atoms with Crippen LogP contribution in [0, 0.1) is 0 Å². The standard InChI is InChI=1S/C18H19N3O3S/c1-12(14-4-6-15(22-2)7-5-14)20-21-18(25)19-10-13-3-8-16-17(9-13)24-11-23-16/h3-9H,10-11H2,1-2H3,(H2,19,21,25)/b20-12-. The van der Waals surface area contributed by atoms with Gasteiger partial charge in [-0.05, 0) is 66.7 Å². The minimum absolute atomic E-state index is 0.269. The number of hydrogen-bond donors (Lipinski definition) is 2. The maximum Gasteiger partial charge on any atom is 0.231 e. The number of nitrogens with zero attached hydrogens (tertiary/aromatic N) is 1. The van der Waals surface area contributed by atoms with E-state index >= 15 is 0 Å². The Morgan fingerprint density at radius 1 is 1.16 bits per heavy atom. The van der Waals surface area contributed by atoms with Gasteiger partial charge in [0.2, 0.25) is 6.79 Å². The van der Waals surface area contributed by atoms with Crippen molar-refractivity contribution in [2.24, 2.45) is 5.10 Å². The van der Waals surface area contributed by atoms with E-state index < -0.39 is 0 Å². The highest BCUT2D eigenvalue weighted by Crippen LogP contribution is 2.32. The second-order valence-electron chi connectivity index (χ2n) is 5.41. The number of fused-ring (bicyclic) bond motifs is 1. The van der Waals surface area contributed by atoms with Gasteiger partial charge in [-0.2, -0.15) is 5.10 Å². The Bertz CT molecular complexity index is 791. The van der Waals surface area contributed by atoms with E-state index in [1.807, 2.05) is 49.4 Å². The topological polar surface area (TPSA) is 64.1 Å². The fourth-order valence-electron chi connectivity index (χ4n) is 2.30. The van der Waals surface area contributed by atoms with Crippen LogP contribution in [0.2, 0.25) is 0 Å². The highest BCUT2D eigenvalue weighted by atomic mass is 32.1. The molecule has 0 unspecified atom stereocenters. The molecular formula is C18H19N3O3S. The molecule has 0 aromatic heterocycles. The minimum Gasteiger partial charge on any atom is -0.497 e. The average Bonchev–Trinajstić information content (AvgIpc) is 3.12. The summed E-state index contributed by atoms with van der Waals surface area (Å²) in [5, 5.41) is 7.86. The summed E-state index contributed by atoms with van der Waals surface area (Å²) in [5.41, 5.74) is 5.72. The van der Waals surface area contributed by atoms with Crippen molar-refractivity contribution in [1.29, 1.82) is 0 Å². The molecule has 0 atom stereocenters. The molecule has 0 bridgehead atoms. The summed E-state index contributed by atoms with van der Waals surface area (Å²) in [4.78, 5) is 0. The van der Waals surface area contributed by atoms with Crippen molar-refractivity contribution in [2.75, 3.05) is 13.9 Å². The number of methoxy groups -OCH3 is 1. The molecule has 2 aromatic rings. The second kappa shape index (κ2) is 7.85. The molecule has 1 aliphatic heterocycles. The molecule has 0 saturated heterocycles. The molecule has 0 saturated carbocycles. The van der Waals surface area contributed by atoms with E-state index in [0.29, 0.717) is 11.7 Å². The van der Waals surface area contributed by atoms with E-state index in [9.17, 15) is 0 Å². The molecule has 3 rings (SSSR count). The summed E-state index contributed by atoms with van der Waals surface area (Å²) in [6, 6.07) is 13.5. The first-order valence-electron chi connectivity index (χ1n) is 7.77.